The van der Waals surface area contributed by atoms with Gasteiger partial charge in [-0.15, -0.1) is 0 Å². The third-order valence-corrected chi connectivity index (χ3v) is 3.78. The molecular weight excluding hydrogens is 250 g/mol. The van der Waals surface area contributed by atoms with E-state index in [2.05, 4.69) is 30.0 Å². The molecule has 0 aromatic heterocycles. The topological polar surface area (TPSA) is 41.7 Å². The van der Waals surface area contributed by atoms with Crippen LogP contribution in [0.4, 0.5) is 11.4 Å². The summed E-state index contributed by atoms with van der Waals surface area (Å²) >= 11 is 0. The summed E-state index contributed by atoms with van der Waals surface area (Å²) in [6, 6.07) is 6.66. The highest BCUT2D eigenvalue weighted by atomic mass is 16.5. The standard InChI is InChI=1S/C16H27N3O/c1-12(2)20-16-9-13(17)8-15(10-16)19-7-5-6-14(11-19)18(3)4/h8-10,12,14H,5-7,11,17H2,1-4H3. The van der Waals surface area contributed by atoms with Crippen LogP contribution in [-0.4, -0.2) is 44.2 Å². The van der Waals surface area contributed by atoms with Gasteiger partial charge >= 0.3 is 0 Å². The number of nitrogens with zero attached hydrogens (tertiary/aromatic N) is 2. The van der Waals surface area contributed by atoms with E-state index in [1.807, 2.05) is 26.0 Å². The van der Waals surface area contributed by atoms with Crippen molar-refractivity contribution in [1.29, 1.82) is 0 Å². The Bertz CT molecular complexity index is 445. The maximum atomic E-state index is 6.02. The van der Waals surface area contributed by atoms with Crippen LogP contribution >= 0.6 is 0 Å². The number of nitrogen functional groups attached to an aromatic ring is 1. The quantitative estimate of drug-likeness (QED) is 0.859. The predicted octanol–water partition coefficient (Wildman–Crippen LogP) is 2.59. The van der Waals surface area contributed by atoms with Gasteiger partial charge in [0, 0.05) is 42.6 Å². The lowest BCUT2D eigenvalue weighted by Gasteiger charge is -2.37. The van der Waals surface area contributed by atoms with E-state index in [9.17, 15) is 0 Å². The zero-order valence-corrected chi connectivity index (χ0v) is 13.1. The van der Waals surface area contributed by atoms with Crippen molar-refractivity contribution in [2.45, 2.75) is 38.8 Å². The summed E-state index contributed by atoms with van der Waals surface area (Å²) in [5.74, 6) is 0.863. The molecule has 112 valence electrons. The smallest absolute Gasteiger partial charge is 0.123 e. The molecule has 4 heteroatoms. The first-order valence-electron chi connectivity index (χ1n) is 7.44. The fourth-order valence-corrected chi connectivity index (χ4v) is 2.74. The van der Waals surface area contributed by atoms with Crippen molar-refractivity contribution in [2.24, 2.45) is 0 Å². The summed E-state index contributed by atoms with van der Waals surface area (Å²) in [5.41, 5.74) is 7.96. The van der Waals surface area contributed by atoms with Gasteiger partial charge in [0.1, 0.15) is 5.75 Å². The van der Waals surface area contributed by atoms with E-state index in [0.717, 1.165) is 24.5 Å². The van der Waals surface area contributed by atoms with Crippen LogP contribution in [0.2, 0.25) is 0 Å². The molecule has 2 rings (SSSR count). The van der Waals surface area contributed by atoms with Crippen LogP contribution in [-0.2, 0) is 0 Å². The van der Waals surface area contributed by atoms with Gasteiger partial charge in [0.05, 0.1) is 6.10 Å². The molecular formula is C16H27N3O. The van der Waals surface area contributed by atoms with Crippen LogP contribution in [0.3, 0.4) is 0 Å². The minimum atomic E-state index is 0.167. The maximum absolute atomic E-state index is 6.02. The molecule has 0 aliphatic carbocycles. The zero-order chi connectivity index (χ0) is 14.7. The van der Waals surface area contributed by atoms with Crippen LogP contribution < -0.4 is 15.4 Å². The zero-order valence-electron chi connectivity index (χ0n) is 13.1. The van der Waals surface area contributed by atoms with E-state index in [0.29, 0.717) is 6.04 Å². The lowest BCUT2D eigenvalue weighted by molar-refractivity contribution is 0.242. The fourth-order valence-electron chi connectivity index (χ4n) is 2.74. The van der Waals surface area contributed by atoms with Gasteiger partial charge in [-0.1, -0.05) is 0 Å². The van der Waals surface area contributed by atoms with Crippen LogP contribution in [0.15, 0.2) is 18.2 Å². The second-order valence-electron chi connectivity index (χ2n) is 6.13. The molecule has 0 radical (unpaired) electrons. The first-order valence-corrected chi connectivity index (χ1v) is 7.44. The monoisotopic (exact) mass is 277 g/mol. The van der Waals surface area contributed by atoms with Gasteiger partial charge in [-0.3, -0.25) is 0 Å². The molecule has 1 saturated heterocycles. The number of hydrogen-bond donors (Lipinski definition) is 1. The Hall–Kier alpha value is -1.42. The molecule has 1 aliphatic rings. The molecule has 1 aliphatic heterocycles. The average Bonchev–Trinajstić information content (AvgIpc) is 2.37. The van der Waals surface area contributed by atoms with Gasteiger partial charge in [0.25, 0.3) is 0 Å². The summed E-state index contributed by atoms with van der Waals surface area (Å²) in [6.07, 6.45) is 2.65. The molecule has 1 unspecified atom stereocenters. The fraction of sp³-hybridized carbons (Fsp3) is 0.625. The largest absolute Gasteiger partial charge is 0.491 e. The number of piperidine rings is 1. The number of anilines is 2. The number of rotatable bonds is 4. The van der Waals surface area contributed by atoms with Crippen LogP contribution in [0, 0.1) is 0 Å². The Morgan fingerprint density at radius 3 is 2.70 bits per heavy atom. The lowest BCUT2D eigenvalue weighted by Crippen LogP contribution is -2.45. The number of hydrogen-bond acceptors (Lipinski definition) is 4. The predicted molar refractivity (Wildman–Crippen MR) is 85.5 cm³/mol. The molecule has 1 aromatic carbocycles. The normalized spacial score (nSPS) is 19.7. The average molecular weight is 277 g/mol. The highest BCUT2D eigenvalue weighted by Gasteiger charge is 2.22. The van der Waals surface area contributed by atoms with Crippen molar-refractivity contribution in [3.05, 3.63) is 18.2 Å². The van der Waals surface area contributed by atoms with Crippen molar-refractivity contribution < 1.29 is 4.74 Å². The van der Waals surface area contributed by atoms with Gasteiger partial charge in [0.2, 0.25) is 0 Å². The summed E-state index contributed by atoms with van der Waals surface area (Å²) < 4.78 is 5.78. The molecule has 1 aromatic rings. The second kappa shape index (κ2) is 6.35. The number of nitrogens with two attached hydrogens (primary N) is 1. The Morgan fingerprint density at radius 1 is 1.30 bits per heavy atom. The number of benzene rings is 1. The molecule has 2 N–H and O–H groups in total. The van der Waals surface area contributed by atoms with Crippen molar-refractivity contribution in [1.82, 2.24) is 4.90 Å². The van der Waals surface area contributed by atoms with E-state index >= 15 is 0 Å². The lowest BCUT2D eigenvalue weighted by atomic mass is 10.0. The minimum Gasteiger partial charge on any atom is -0.491 e. The third-order valence-electron chi connectivity index (χ3n) is 3.78. The van der Waals surface area contributed by atoms with Gasteiger partial charge < -0.3 is 20.3 Å². The highest BCUT2D eigenvalue weighted by Crippen LogP contribution is 2.29. The first kappa shape index (κ1) is 15.0. The summed E-state index contributed by atoms with van der Waals surface area (Å²) in [4.78, 5) is 4.72. The molecule has 0 spiro atoms. The third kappa shape index (κ3) is 3.79. The molecule has 20 heavy (non-hydrogen) atoms. The number of ether oxygens (including phenoxy) is 1. The van der Waals surface area contributed by atoms with Crippen LogP contribution in [0.5, 0.6) is 5.75 Å². The van der Waals surface area contributed by atoms with E-state index in [4.69, 9.17) is 10.5 Å². The Balaban J connectivity index is 2.16. The van der Waals surface area contributed by atoms with Crippen molar-refractivity contribution in [3.8, 4) is 5.75 Å². The summed E-state index contributed by atoms with van der Waals surface area (Å²) in [7, 11) is 4.31. The number of likely N-dealkylation sites (N-methyl/N-ethyl adjacent to an activating group) is 1. The van der Waals surface area contributed by atoms with Gasteiger partial charge in [-0.2, -0.15) is 0 Å². The minimum absolute atomic E-state index is 0.167. The Morgan fingerprint density at radius 2 is 2.05 bits per heavy atom. The van der Waals surface area contributed by atoms with Crippen molar-refractivity contribution in [3.63, 3.8) is 0 Å². The van der Waals surface area contributed by atoms with E-state index in [-0.39, 0.29) is 6.10 Å². The highest BCUT2D eigenvalue weighted by molar-refractivity contribution is 5.61. The molecule has 0 saturated carbocycles. The SMILES string of the molecule is CC(C)Oc1cc(N)cc(N2CCCC(N(C)C)C2)c1. The Labute approximate surface area is 122 Å². The molecule has 0 bridgehead atoms. The molecule has 1 heterocycles. The van der Waals surface area contributed by atoms with E-state index in [1.54, 1.807) is 0 Å². The summed E-state index contributed by atoms with van der Waals surface area (Å²) in [6.45, 7) is 6.21. The molecule has 4 nitrogen and oxygen atoms in total. The van der Waals surface area contributed by atoms with Crippen molar-refractivity contribution >= 4 is 11.4 Å². The summed E-state index contributed by atoms with van der Waals surface area (Å²) in [5, 5.41) is 0. The molecule has 1 atom stereocenters. The second-order valence-corrected chi connectivity index (χ2v) is 6.13. The van der Waals surface area contributed by atoms with E-state index in [1.165, 1.54) is 18.5 Å². The maximum Gasteiger partial charge on any atom is 0.123 e. The Kier molecular flexibility index (Phi) is 4.76. The van der Waals surface area contributed by atoms with Gasteiger partial charge in [-0.05, 0) is 46.9 Å². The van der Waals surface area contributed by atoms with Crippen LogP contribution in [0.1, 0.15) is 26.7 Å². The molecule has 1 fully saturated rings. The first-order chi connectivity index (χ1) is 9.45. The van der Waals surface area contributed by atoms with E-state index < -0.39 is 0 Å². The van der Waals surface area contributed by atoms with Crippen LogP contribution in [0.25, 0.3) is 0 Å². The molecule has 0 amide bonds. The van der Waals surface area contributed by atoms with Gasteiger partial charge in [-0.25, -0.2) is 0 Å². The van der Waals surface area contributed by atoms with Gasteiger partial charge in [0.15, 0.2) is 0 Å². The van der Waals surface area contributed by atoms with Crippen molar-refractivity contribution in [2.75, 3.05) is 37.8 Å².